The summed E-state index contributed by atoms with van der Waals surface area (Å²) in [5, 5.41) is 11.4. The van der Waals surface area contributed by atoms with Crippen molar-refractivity contribution in [1.82, 2.24) is 0 Å². The smallest absolute Gasteiger partial charge is 0.165 e. The molecule has 3 heteroatoms. The Bertz CT molecular complexity index is 698. The van der Waals surface area contributed by atoms with Crippen LogP contribution >= 0.6 is 0 Å². The molecule has 0 aromatic carbocycles. The van der Waals surface area contributed by atoms with E-state index in [0.717, 1.165) is 24.2 Å². The third kappa shape index (κ3) is 3.24. The van der Waals surface area contributed by atoms with Gasteiger partial charge in [0.25, 0.3) is 0 Å². The molecule has 3 nitrogen and oxygen atoms in total. The number of carbonyl (C=O) groups excluding carboxylic acids is 2. The Kier molecular flexibility index (Phi) is 5.78. The monoisotopic (exact) mass is 416 g/mol. The van der Waals surface area contributed by atoms with Gasteiger partial charge in [-0.05, 0) is 73.0 Å². The fourth-order valence-corrected chi connectivity index (χ4v) is 8.86. The standard InChI is InChI=1S/C27H44O3/c1-17(2)7-6-8-18(3)21-9-10-22-20-15-24(29)27(30)16-19(28)11-14-26(27,5)23(20)12-13-25(21,22)4/h17-18,20-23,30H,6-16H2,1-5H3/t18-,20-,21+,22-,23+,25-,26-,27-/m1/s1. The maximum absolute atomic E-state index is 13.3. The molecule has 0 amide bonds. The van der Waals surface area contributed by atoms with E-state index in [4.69, 9.17) is 0 Å². The van der Waals surface area contributed by atoms with Gasteiger partial charge in [-0.2, -0.15) is 0 Å². The first-order valence-corrected chi connectivity index (χ1v) is 12.8. The topological polar surface area (TPSA) is 54.4 Å². The van der Waals surface area contributed by atoms with E-state index >= 15 is 0 Å². The highest BCUT2D eigenvalue weighted by molar-refractivity contribution is 5.96. The first-order valence-electron chi connectivity index (χ1n) is 12.8. The van der Waals surface area contributed by atoms with Gasteiger partial charge < -0.3 is 5.11 Å². The largest absolute Gasteiger partial charge is 0.381 e. The number of hydrogen-bond acceptors (Lipinski definition) is 3. The minimum Gasteiger partial charge on any atom is -0.381 e. The highest BCUT2D eigenvalue weighted by Gasteiger charge is 2.67. The third-order valence-electron chi connectivity index (χ3n) is 10.7. The minimum atomic E-state index is -1.40. The van der Waals surface area contributed by atoms with Gasteiger partial charge >= 0.3 is 0 Å². The fourth-order valence-electron chi connectivity index (χ4n) is 8.86. The molecule has 0 aromatic heterocycles. The van der Waals surface area contributed by atoms with E-state index in [-0.39, 0.29) is 18.0 Å². The lowest BCUT2D eigenvalue weighted by Crippen LogP contribution is -2.66. The van der Waals surface area contributed by atoms with Crippen molar-refractivity contribution in [2.24, 2.45) is 46.3 Å². The van der Waals surface area contributed by atoms with Gasteiger partial charge in [0.2, 0.25) is 0 Å². The van der Waals surface area contributed by atoms with Crippen molar-refractivity contribution in [2.75, 3.05) is 0 Å². The zero-order valence-electron chi connectivity index (χ0n) is 20.0. The summed E-state index contributed by atoms with van der Waals surface area (Å²) in [6.45, 7) is 11.8. The number of fused-ring (bicyclic) bond motifs is 5. The van der Waals surface area contributed by atoms with Gasteiger partial charge in [-0.15, -0.1) is 0 Å². The maximum atomic E-state index is 13.3. The summed E-state index contributed by atoms with van der Waals surface area (Å²) >= 11 is 0. The van der Waals surface area contributed by atoms with Crippen molar-refractivity contribution < 1.29 is 14.7 Å². The Morgan fingerprint density at radius 2 is 1.73 bits per heavy atom. The van der Waals surface area contributed by atoms with Crippen molar-refractivity contribution in [3.63, 3.8) is 0 Å². The van der Waals surface area contributed by atoms with Crippen LogP contribution in [0.2, 0.25) is 0 Å². The number of hydrogen-bond donors (Lipinski definition) is 1. The molecule has 8 atom stereocenters. The SMILES string of the molecule is CC(C)CCC[C@@H](C)[C@@H]1CC[C@@H]2[C@H]3CC(=O)[C@]4(O)CC(=O)CC[C@]4(C)[C@H]3CC[C@@]21C. The second-order valence-electron chi connectivity index (χ2n) is 12.5. The lowest BCUT2D eigenvalue weighted by molar-refractivity contribution is -0.203. The van der Waals surface area contributed by atoms with E-state index in [9.17, 15) is 14.7 Å². The molecule has 4 rings (SSSR count). The van der Waals surface area contributed by atoms with Gasteiger partial charge in [0.15, 0.2) is 5.78 Å². The van der Waals surface area contributed by atoms with Crippen molar-refractivity contribution in [3.8, 4) is 0 Å². The van der Waals surface area contributed by atoms with Crippen molar-refractivity contribution >= 4 is 11.6 Å². The van der Waals surface area contributed by atoms with Gasteiger partial charge in [-0.3, -0.25) is 9.59 Å². The summed E-state index contributed by atoms with van der Waals surface area (Å²) in [7, 11) is 0. The van der Waals surface area contributed by atoms with Crippen LogP contribution in [-0.2, 0) is 9.59 Å². The Labute approximate surface area is 183 Å². The zero-order valence-corrected chi connectivity index (χ0v) is 20.0. The Morgan fingerprint density at radius 1 is 1.00 bits per heavy atom. The molecular weight excluding hydrogens is 372 g/mol. The Hall–Kier alpha value is -0.700. The molecule has 0 radical (unpaired) electrons. The number of aliphatic hydroxyl groups is 1. The number of carbonyl (C=O) groups is 2. The predicted molar refractivity (Wildman–Crippen MR) is 120 cm³/mol. The quantitative estimate of drug-likeness (QED) is 0.600. The van der Waals surface area contributed by atoms with Crippen LogP contribution in [0.3, 0.4) is 0 Å². The second-order valence-corrected chi connectivity index (χ2v) is 12.5. The molecule has 0 spiro atoms. The predicted octanol–water partition coefficient (Wildman–Crippen LogP) is 5.97. The molecule has 170 valence electrons. The van der Waals surface area contributed by atoms with E-state index in [2.05, 4.69) is 34.6 Å². The minimum absolute atomic E-state index is 0.0306. The number of ketones is 2. The van der Waals surface area contributed by atoms with E-state index in [1.807, 2.05) is 0 Å². The fraction of sp³-hybridized carbons (Fsp3) is 0.926. The summed E-state index contributed by atoms with van der Waals surface area (Å²) in [6.07, 6.45) is 10.7. The van der Waals surface area contributed by atoms with E-state index in [1.54, 1.807) is 0 Å². The summed E-state index contributed by atoms with van der Waals surface area (Å²) in [6, 6.07) is 0. The van der Waals surface area contributed by atoms with Crippen LogP contribution in [0.15, 0.2) is 0 Å². The van der Waals surface area contributed by atoms with Gasteiger partial charge in [0.05, 0.1) is 0 Å². The zero-order chi connectivity index (χ0) is 21.9. The van der Waals surface area contributed by atoms with Crippen LogP contribution in [0, 0.1) is 46.3 Å². The average molecular weight is 417 g/mol. The molecule has 0 saturated heterocycles. The first kappa shape index (κ1) is 22.5. The van der Waals surface area contributed by atoms with Gasteiger partial charge in [-0.1, -0.05) is 53.9 Å². The summed E-state index contributed by atoms with van der Waals surface area (Å²) < 4.78 is 0. The highest BCUT2D eigenvalue weighted by Crippen LogP contribution is 2.68. The molecule has 4 aliphatic rings. The number of Topliss-reactive ketones (excluding diaryl/α,β-unsaturated/α-hetero) is 2. The molecule has 0 bridgehead atoms. The van der Waals surface area contributed by atoms with Crippen LogP contribution in [0.1, 0.15) is 105 Å². The molecule has 0 heterocycles. The van der Waals surface area contributed by atoms with Gasteiger partial charge in [0, 0.05) is 24.7 Å². The molecule has 1 N–H and O–H groups in total. The van der Waals surface area contributed by atoms with E-state index in [0.29, 0.717) is 42.4 Å². The lowest BCUT2D eigenvalue weighted by Gasteiger charge is -2.62. The second kappa shape index (κ2) is 7.71. The van der Waals surface area contributed by atoms with E-state index < -0.39 is 11.0 Å². The average Bonchev–Trinajstić information content (AvgIpc) is 3.01. The summed E-state index contributed by atoms with van der Waals surface area (Å²) in [4.78, 5) is 25.4. The van der Waals surface area contributed by atoms with E-state index in [1.165, 1.54) is 38.5 Å². The van der Waals surface area contributed by atoms with Gasteiger partial charge in [-0.25, -0.2) is 0 Å². The molecule has 4 aliphatic carbocycles. The molecular formula is C27H44O3. The summed E-state index contributed by atoms with van der Waals surface area (Å²) in [5.41, 5.74) is -1.47. The Morgan fingerprint density at radius 3 is 2.43 bits per heavy atom. The molecule has 4 fully saturated rings. The molecule has 0 unspecified atom stereocenters. The molecule has 30 heavy (non-hydrogen) atoms. The van der Waals surface area contributed by atoms with Gasteiger partial charge in [0.1, 0.15) is 11.4 Å². The maximum Gasteiger partial charge on any atom is 0.165 e. The highest BCUT2D eigenvalue weighted by atomic mass is 16.3. The van der Waals surface area contributed by atoms with Crippen LogP contribution in [-0.4, -0.2) is 22.3 Å². The molecule has 4 saturated carbocycles. The van der Waals surface area contributed by atoms with Crippen LogP contribution in [0.25, 0.3) is 0 Å². The summed E-state index contributed by atoms with van der Waals surface area (Å²) in [5.74, 6) is 3.76. The molecule has 0 aliphatic heterocycles. The normalized spacial score (nSPS) is 47.0. The Balaban J connectivity index is 1.54. The van der Waals surface area contributed by atoms with Crippen LogP contribution < -0.4 is 0 Å². The number of rotatable bonds is 5. The van der Waals surface area contributed by atoms with Crippen molar-refractivity contribution in [2.45, 2.75) is 111 Å². The molecule has 0 aromatic rings. The first-order chi connectivity index (χ1) is 14.0. The lowest BCUT2D eigenvalue weighted by atomic mass is 9.42. The van der Waals surface area contributed by atoms with Crippen molar-refractivity contribution in [1.29, 1.82) is 0 Å². The third-order valence-corrected chi connectivity index (χ3v) is 10.7. The van der Waals surface area contributed by atoms with Crippen LogP contribution in [0.4, 0.5) is 0 Å². The van der Waals surface area contributed by atoms with Crippen molar-refractivity contribution in [3.05, 3.63) is 0 Å². The van der Waals surface area contributed by atoms with Crippen LogP contribution in [0.5, 0.6) is 0 Å².